The van der Waals surface area contributed by atoms with Crippen molar-refractivity contribution in [3.63, 3.8) is 0 Å². The van der Waals surface area contributed by atoms with Crippen molar-refractivity contribution in [2.75, 3.05) is 6.61 Å². The quantitative estimate of drug-likeness (QED) is 0.247. The molecule has 2 heterocycles. The normalized spacial score (nSPS) is 11.8. The maximum Gasteiger partial charge on any atom is 0.332 e. The Morgan fingerprint density at radius 2 is 2.00 bits per heavy atom. The molecule has 3 aromatic rings. The van der Waals surface area contributed by atoms with Crippen LogP contribution in [-0.2, 0) is 18.1 Å². The highest BCUT2D eigenvalue weighted by Gasteiger charge is 2.14. The Balaban J connectivity index is 2.01. The van der Waals surface area contributed by atoms with Crippen molar-refractivity contribution >= 4 is 39.5 Å². The summed E-state index contributed by atoms with van der Waals surface area (Å²) in [6.07, 6.45) is 2.12. The minimum atomic E-state index is -0.384. The fourth-order valence-corrected chi connectivity index (χ4v) is 4.01. The molecule has 0 saturated heterocycles. The van der Waals surface area contributed by atoms with Gasteiger partial charge in [0.1, 0.15) is 17.1 Å². The average Bonchev–Trinajstić information content (AvgIpc) is 2.72. The number of aryl methyl sites for hydroxylation is 1. The van der Waals surface area contributed by atoms with Gasteiger partial charge in [-0.3, -0.25) is 13.9 Å². The molecule has 29 heavy (non-hydrogen) atoms. The van der Waals surface area contributed by atoms with Gasteiger partial charge in [-0.1, -0.05) is 32.0 Å². The van der Waals surface area contributed by atoms with Crippen LogP contribution < -0.4 is 16.0 Å². The summed E-state index contributed by atoms with van der Waals surface area (Å²) in [5.41, 5.74) is 0.660. The van der Waals surface area contributed by atoms with E-state index in [4.69, 9.17) is 9.26 Å². The lowest BCUT2D eigenvalue weighted by Crippen LogP contribution is -2.39. The first-order chi connectivity index (χ1) is 13.9. The molecule has 1 atom stereocenters. The van der Waals surface area contributed by atoms with Crippen LogP contribution >= 0.6 is 28.5 Å². The van der Waals surface area contributed by atoms with Crippen LogP contribution in [0.15, 0.2) is 46.1 Å². The lowest BCUT2D eigenvalue weighted by atomic mass is 10.0. The molecule has 0 amide bonds. The van der Waals surface area contributed by atoms with E-state index >= 15 is 0 Å². The Bertz CT molecular complexity index is 1130. The Hall–Kier alpha value is -1.77. The van der Waals surface area contributed by atoms with Crippen LogP contribution in [0, 0.1) is 0 Å². The van der Waals surface area contributed by atoms with Crippen LogP contribution in [0.4, 0.5) is 0 Å². The lowest BCUT2D eigenvalue weighted by molar-refractivity contribution is 0.344. The summed E-state index contributed by atoms with van der Waals surface area (Å²) in [6.45, 7) is 5.34. The van der Waals surface area contributed by atoms with E-state index < -0.39 is 0 Å². The van der Waals surface area contributed by atoms with Crippen LogP contribution in [0.3, 0.4) is 0 Å². The van der Waals surface area contributed by atoms with Crippen molar-refractivity contribution in [3.05, 3.63) is 62.9 Å². The third-order valence-electron chi connectivity index (χ3n) is 4.60. The average molecular weight is 527 g/mol. The van der Waals surface area contributed by atoms with Crippen molar-refractivity contribution < 1.29 is 9.26 Å². The van der Waals surface area contributed by atoms with Crippen LogP contribution in [0.2, 0.25) is 0 Å². The zero-order valence-corrected chi connectivity index (χ0v) is 19.7. The molecule has 0 aliphatic carbocycles. The maximum atomic E-state index is 13.0. The molecule has 0 aliphatic rings. The van der Waals surface area contributed by atoms with Gasteiger partial charge in [-0.05, 0) is 52.1 Å². The number of pyridine rings is 1. The monoisotopic (exact) mass is 527 g/mol. The van der Waals surface area contributed by atoms with Crippen molar-refractivity contribution in [3.8, 4) is 11.5 Å². The highest BCUT2D eigenvalue weighted by molar-refractivity contribution is 14.2. The summed E-state index contributed by atoms with van der Waals surface area (Å²) < 4.78 is 14.0. The first kappa shape index (κ1) is 21.9. The van der Waals surface area contributed by atoms with Crippen molar-refractivity contribution in [2.24, 2.45) is 7.05 Å². The third kappa shape index (κ3) is 4.87. The standard InChI is InChI=1S/C20H23IN3O4P/c1-13(2)15-7-4-5-8-17(15)28-14-11-16-18(22-12-14)23(3)20(26)24(19(16)25)9-6-10-27-29-21/h4-5,7-8,11-13,29H,6,9-10H2,1-3H3. The van der Waals surface area contributed by atoms with Gasteiger partial charge in [-0.2, -0.15) is 0 Å². The molecule has 0 spiro atoms. The van der Waals surface area contributed by atoms with E-state index in [9.17, 15) is 9.59 Å². The zero-order chi connectivity index (χ0) is 21.0. The molecular weight excluding hydrogens is 504 g/mol. The molecule has 0 saturated carbocycles. The molecular formula is C20H23IN3O4P. The molecule has 0 N–H and O–H groups in total. The Kier molecular flexibility index (Phi) is 7.43. The van der Waals surface area contributed by atoms with Crippen molar-refractivity contribution in [1.82, 2.24) is 14.1 Å². The van der Waals surface area contributed by atoms with E-state index in [1.807, 2.05) is 24.3 Å². The van der Waals surface area contributed by atoms with E-state index in [0.717, 1.165) is 11.3 Å². The summed E-state index contributed by atoms with van der Waals surface area (Å²) in [5.74, 6) is 1.48. The molecule has 7 nitrogen and oxygen atoms in total. The van der Waals surface area contributed by atoms with Gasteiger partial charge in [-0.15, -0.1) is 0 Å². The number of ether oxygens (including phenoxy) is 1. The second-order valence-corrected chi connectivity index (χ2v) is 8.68. The topological polar surface area (TPSA) is 75.3 Å². The van der Waals surface area contributed by atoms with Gasteiger partial charge in [-0.25, -0.2) is 9.78 Å². The van der Waals surface area contributed by atoms with E-state index in [1.54, 1.807) is 13.1 Å². The third-order valence-corrected chi connectivity index (χ3v) is 5.85. The Labute approximate surface area is 183 Å². The van der Waals surface area contributed by atoms with Crippen LogP contribution in [0.5, 0.6) is 11.5 Å². The maximum absolute atomic E-state index is 13.0. The summed E-state index contributed by atoms with van der Waals surface area (Å²) in [7, 11) is 1.62. The molecule has 9 heteroatoms. The number of para-hydroxylation sites is 1. The molecule has 1 unspecified atom stereocenters. The van der Waals surface area contributed by atoms with E-state index in [-0.39, 0.29) is 11.2 Å². The second-order valence-electron chi connectivity index (χ2n) is 6.91. The fraction of sp³-hybridized carbons (Fsp3) is 0.350. The fourth-order valence-electron chi connectivity index (χ4n) is 3.13. The number of hydrogen-bond donors (Lipinski definition) is 0. The molecule has 1 aromatic carbocycles. The van der Waals surface area contributed by atoms with Gasteiger partial charge in [0, 0.05) is 13.6 Å². The van der Waals surface area contributed by atoms with E-state index in [0.29, 0.717) is 48.7 Å². The lowest BCUT2D eigenvalue weighted by Gasteiger charge is -2.14. The largest absolute Gasteiger partial charge is 0.455 e. The molecule has 0 radical (unpaired) electrons. The van der Waals surface area contributed by atoms with Gasteiger partial charge in [0.05, 0.1) is 24.6 Å². The number of nitrogens with zero attached hydrogens (tertiary/aromatic N) is 3. The number of aromatic nitrogens is 3. The van der Waals surface area contributed by atoms with Crippen LogP contribution in [0.25, 0.3) is 11.0 Å². The van der Waals surface area contributed by atoms with Crippen LogP contribution in [0.1, 0.15) is 31.7 Å². The minimum Gasteiger partial charge on any atom is -0.455 e. The number of fused-ring (bicyclic) bond motifs is 1. The predicted octanol–water partition coefficient (Wildman–Crippen LogP) is 4.36. The Morgan fingerprint density at radius 3 is 2.72 bits per heavy atom. The van der Waals surface area contributed by atoms with Gasteiger partial charge in [0.15, 0.2) is 0 Å². The van der Waals surface area contributed by atoms with E-state index in [1.165, 1.54) is 15.3 Å². The first-order valence-corrected chi connectivity index (χ1v) is 13.3. The molecule has 154 valence electrons. The summed E-state index contributed by atoms with van der Waals surface area (Å²) >= 11 is 2.14. The molecule has 3 rings (SSSR count). The highest BCUT2D eigenvalue weighted by atomic mass is 127. The number of halogens is 1. The molecule has 2 aromatic heterocycles. The zero-order valence-electron chi connectivity index (χ0n) is 16.5. The summed E-state index contributed by atoms with van der Waals surface area (Å²) in [4.78, 5) is 29.9. The second kappa shape index (κ2) is 9.82. The van der Waals surface area contributed by atoms with Crippen molar-refractivity contribution in [1.29, 1.82) is 0 Å². The summed E-state index contributed by atoms with van der Waals surface area (Å²) in [6, 6.07) is 9.44. The minimum absolute atomic E-state index is 0.294. The SMILES string of the molecule is CC(C)c1ccccc1Oc1cnc2c(c1)c(=O)n(CCCOPI)c(=O)n2C. The van der Waals surface area contributed by atoms with Gasteiger partial charge in [0.25, 0.3) is 5.56 Å². The van der Waals surface area contributed by atoms with Crippen molar-refractivity contribution in [2.45, 2.75) is 32.7 Å². The predicted molar refractivity (Wildman–Crippen MR) is 125 cm³/mol. The Morgan fingerprint density at radius 1 is 1.24 bits per heavy atom. The molecule has 0 fully saturated rings. The number of hydrogen-bond acceptors (Lipinski definition) is 5. The van der Waals surface area contributed by atoms with Crippen LogP contribution in [-0.4, -0.2) is 20.7 Å². The smallest absolute Gasteiger partial charge is 0.332 e. The first-order valence-electron chi connectivity index (χ1n) is 9.27. The number of rotatable bonds is 8. The highest BCUT2D eigenvalue weighted by Crippen LogP contribution is 2.30. The summed E-state index contributed by atoms with van der Waals surface area (Å²) in [5, 5.41) is 0.350. The van der Waals surface area contributed by atoms with E-state index in [2.05, 4.69) is 40.9 Å². The van der Waals surface area contributed by atoms with Gasteiger partial charge in [0.2, 0.25) is 0 Å². The number of benzene rings is 1. The van der Waals surface area contributed by atoms with Gasteiger partial charge < -0.3 is 9.26 Å². The van der Waals surface area contributed by atoms with Gasteiger partial charge >= 0.3 is 5.69 Å². The molecule has 0 aliphatic heterocycles. The molecule has 0 bridgehead atoms.